The van der Waals surface area contributed by atoms with Crippen LogP contribution in [0.5, 0.6) is 11.5 Å². The molecule has 1 N–H and O–H groups in total. The fourth-order valence-corrected chi connectivity index (χ4v) is 3.30. The summed E-state index contributed by atoms with van der Waals surface area (Å²) in [6.07, 6.45) is 2.64. The summed E-state index contributed by atoms with van der Waals surface area (Å²) >= 11 is 5.26. The van der Waals surface area contributed by atoms with Crippen LogP contribution in [0.15, 0.2) is 48.2 Å². The molecule has 152 valence electrons. The summed E-state index contributed by atoms with van der Waals surface area (Å²) in [5.41, 5.74) is 3.62. The molecule has 2 aromatic rings. The van der Waals surface area contributed by atoms with Crippen LogP contribution in [-0.2, 0) is 11.4 Å². The van der Waals surface area contributed by atoms with E-state index in [0.717, 1.165) is 17.5 Å². The first-order valence-electron chi connectivity index (χ1n) is 9.81. The van der Waals surface area contributed by atoms with Crippen molar-refractivity contribution in [2.24, 2.45) is 0 Å². The molecule has 0 spiro atoms. The molecule has 1 heterocycles. The van der Waals surface area contributed by atoms with Crippen LogP contribution >= 0.6 is 12.2 Å². The summed E-state index contributed by atoms with van der Waals surface area (Å²) in [6.45, 7) is 7.59. The van der Waals surface area contributed by atoms with E-state index in [0.29, 0.717) is 42.1 Å². The minimum absolute atomic E-state index is 0.102. The van der Waals surface area contributed by atoms with Crippen molar-refractivity contribution in [3.8, 4) is 11.5 Å². The molecule has 1 aliphatic rings. The van der Waals surface area contributed by atoms with Gasteiger partial charge in [-0.25, -0.2) is 0 Å². The Hall–Kier alpha value is -2.86. The van der Waals surface area contributed by atoms with Crippen LogP contribution in [0, 0.1) is 6.92 Å². The van der Waals surface area contributed by atoms with Gasteiger partial charge in [0.2, 0.25) is 0 Å². The average Bonchev–Trinajstić information content (AvgIpc) is 2.97. The van der Waals surface area contributed by atoms with E-state index < -0.39 is 0 Å². The van der Waals surface area contributed by atoms with Gasteiger partial charge in [0, 0.05) is 6.54 Å². The van der Waals surface area contributed by atoms with Gasteiger partial charge in [-0.3, -0.25) is 9.69 Å². The monoisotopic (exact) mass is 410 g/mol. The van der Waals surface area contributed by atoms with E-state index in [2.05, 4.69) is 36.5 Å². The highest BCUT2D eigenvalue weighted by Gasteiger charge is 2.29. The molecule has 1 saturated heterocycles. The zero-order valence-corrected chi connectivity index (χ0v) is 17.8. The van der Waals surface area contributed by atoms with Gasteiger partial charge in [0.05, 0.1) is 6.61 Å². The average molecular weight is 411 g/mol. The van der Waals surface area contributed by atoms with Gasteiger partial charge < -0.3 is 14.8 Å². The third kappa shape index (κ3) is 5.15. The molecule has 0 atom stereocenters. The Kier molecular flexibility index (Phi) is 6.88. The fourth-order valence-electron chi connectivity index (χ4n) is 3.01. The first-order valence-corrected chi connectivity index (χ1v) is 10.2. The number of aryl methyl sites for hydroxylation is 1. The van der Waals surface area contributed by atoms with Gasteiger partial charge in [-0.05, 0) is 61.8 Å². The minimum Gasteiger partial charge on any atom is -0.490 e. The second-order valence-corrected chi connectivity index (χ2v) is 7.25. The highest BCUT2D eigenvalue weighted by molar-refractivity contribution is 7.80. The maximum Gasteiger partial charge on any atom is 0.276 e. The fraction of sp³-hybridized carbons (Fsp3) is 0.304. The smallest absolute Gasteiger partial charge is 0.276 e. The molecule has 0 aromatic heterocycles. The van der Waals surface area contributed by atoms with E-state index in [-0.39, 0.29) is 5.91 Å². The quantitative estimate of drug-likeness (QED) is 0.515. The molecular formula is C23H26N2O3S. The predicted octanol–water partition coefficient (Wildman–Crippen LogP) is 4.44. The lowest BCUT2D eigenvalue weighted by atomic mass is 10.1. The number of nitrogens with zero attached hydrogens (tertiary/aromatic N) is 1. The Morgan fingerprint density at radius 1 is 1.07 bits per heavy atom. The summed E-state index contributed by atoms with van der Waals surface area (Å²) in [4.78, 5) is 14.1. The van der Waals surface area contributed by atoms with Gasteiger partial charge in [-0.15, -0.1) is 0 Å². The highest BCUT2D eigenvalue weighted by Crippen LogP contribution is 2.30. The second kappa shape index (κ2) is 9.56. The van der Waals surface area contributed by atoms with Gasteiger partial charge in [0.15, 0.2) is 16.6 Å². The molecule has 0 unspecified atom stereocenters. The van der Waals surface area contributed by atoms with E-state index in [1.165, 1.54) is 5.56 Å². The molecule has 0 bridgehead atoms. The number of carbonyl (C=O) groups is 1. The first kappa shape index (κ1) is 20.9. The Bertz CT molecular complexity index is 922. The van der Waals surface area contributed by atoms with Crippen LogP contribution in [-0.4, -0.2) is 29.1 Å². The molecule has 0 saturated carbocycles. The van der Waals surface area contributed by atoms with Crippen molar-refractivity contribution in [2.75, 3.05) is 13.2 Å². The van der Waals surface area contributed by atoms with Crippen molar-refractivity contribution < 1.29 is 14.3 Å². The summed E-state index contributed by atoms with van der Waals surface area (Å²) < 4.78 is 11.7. The predicted molar refractivity (Wildman–Crippen MR) is 119 cm³/mol. The van der Waals surface area contributed by atoms with Gasteiger partial charge in [0.25, 0.3) is 5.91 Å². The maximum absolute atomic E-state index is 12.5. The number of ether oxygens (including phenoxy) is 2. The van der Waals surface area contributed by atoms with E-state index in [1.807, 2.05) is 32.0 Å². The van der Waals surface area contributed by atoms with Crippen LogP contribution in [0.1, 0.15) is 37.0 Å². The Labute approximate surface area is 177 Å². The first-order chi connectivity index (χ1) is 14.0. The van der Waals surface area contributed by atoms with Crippen LogP contribution in [0.2, 0.25) is 0 Å². The van der Waals surface area contributed by atoms with Crippen molar-refractivity contribution in [3.63, 3.8) is 0 Å². The molecule has 3 rings (SSSR count). The Balaban J connectivity index is 1.77. The molecule has 2 aromatic carbocycles. The van der Waals surface area contributed by atoms with Crippen LogP contribution in [0.4, 0.5) is 0 Å². The van der Waals surface area contributed by atoms with Crippen molar-refractivity contribution in [1.29, 1.82) is 0 Å². The minimum atomic E-state index is -0.102. The summed E-state index contributed by atoms with van der Waals surface area (Å²) in [7, 11) is 0. The SMILES string of the molecule is CCCN1C(=O)/C(=C/c2ccc(OCc3ccc(C)cc3)c(OCC)c2)NC1=S. The molecule has 1 fully saturated rings. The number of benzene rings is 2. The number of rotatable bonds is 8. The van der Waals surface area contributed by atoms with Gasteiger partial charge >= 0.3 is 0 Å². The Morgan fingerprint density at radius 2 is 1.83 bits per heavy atom. The zero-order valence-electron chi connectivity index (χ0n) is 17.0. The zero-order chi connectivity index (χ0) is 20.8. The third-order valence-electron chi connectivity index (χ3n) is 4.50. The van der Waals surface area contributed by atoms with Crippen LogP contribution in [0.25, 0.3) is 6.08 Å². The molecule has 1 amide bonds. The lowest BCUT2D eigenvalue weighted by Gasteiger charge is -2.13. The number of hydrogen-bond acceptors (Lipinski definition) is 4. The number of nitrogens with one attached hydrogen (secondary N) is 1. The normalized spacial score (nSPS) is 15.0. The van der Waals surface area contributed by atoms with Crippen molar-refractivity contribution >= 4 is 29.3 Å². The molecule has 0 radical (unpaired) electrons. The van der Waals surface area contributed by atoms with Crippen molar-refractivity contribution in [1.82, 2.24) is 10.2 Å². The summed E-state index contributed by atoms with van der Waals surface area (Å²) in [5, 5.41) is 3.45. The lowest BCUT2D eigenvalue weighted by Crippen LogP contribution is -2.31. The number of thiocarbonyl (C=S) groups is 1. The molecule has 29 heavy (non-hydrogen) atoms. The van der Waals surface area contributed by atoms with E-state index in [4.69, 9.17) is 21.7 Å². The molecule has 1 aliphatic heterocycles. The van der Waals surface area contributed by atoms with Crippen molar-refractivity contribution in [2.45, 2.75) is 33.8 Å². The van der Waals surface area contributed by atoms with Crippen LogP contribution in [0.3, 0.4) is 0 Å². The number of carbonyl (C=O) groups excluding carboxylic acids is 1. The van der Waals surface area contributed by atoms with E-state index in [1.54, 1.807) is 11.0 Å². The van der Waals surface area contributed by atoms with E-state index >= 15 is 0 Å². The number of hydrogen-bond donors (Lipinski definition) is 1. The molecular weight excluding hydrogens is 384 g/mol. The largest absolute Gasteiger partial charge is 0.490 e. The maximum atomic E-state index is 12.5. The number of amides is 1. The van der Waals surface area contributed by atoms with Crippen molar-refractivity contribution in [3.05, 3.63) is 64.9 Å². The third-order valence-corrected chi connectivity index (χ3v) is 4.83. The summed E-state index contributed by atoms with van der Waals surface area (Å²) in [5.74, 6) is 1.21. The van der Waals surface area contributed by atoms with Gasteiger partial charge in [-0.2, -0.15) is 0 Å². The van der Waals surface area contributed by atoms with E-state index in [9.17, 15) is 4.79 Å². The second-order valence-electron chi connectivity index (χ2n) is 6.86. The topological polar surface area (TPSA) is 50.8 Å². The highest BCUT2D eigenvalue weighted by atomic mass is 32.1. The van der Waals surface area contributed by atoms with Gasteiger partial charge in [-0.1, -0.05) is 42.8 Å². The summed E-state index contributed by atoms with van der Waals surface area (Å²) in [6, 6.07) is 13.9. The van der Waals surface area contributed by atoms with Gasteiger partial charge in [0.1, 0.15) is 12.3 Å². The standard InChI is InChI=1S/C23H26N2O3S/c1-4-12-25-22(26)19(24-23(25)29)13-18-10-11-20(21(14-18)27-5-2)28-15-17-8-6-16(3)7-9-17/h6-11,13-14H,4-5,12,15H2,1-3H3,(H,24,29)/b19-13-. The Morgan fingerprint density at radius 3 is 2.52 bits per heavy atom. The van der Waals surface area contributed by atoms with Crippen LogP contribution < -0.4 is 14.8 Å². The lowest BCUT2D eigenvalue weighted by molar-refractivity contribution is -0.122. The molecule has 6 heteroatoms. The molecule has 0 aliphatic carbocycles. The molecule has 5 nitrogen and oxygen atoms in total.